The van der Waals surface area contributed by atoms with Crippen LogP contribution in [0, 0.1) is 0 Å². The molecule has 0 saturated carbocycles. The van der Waals surface area contributed by atoms with Crippen LogP contribution in [-0.4, -0.2) is 29.3 Å². The van der Waals surface area contributed by atoms with Crippen LogP contribution < -0.4 is 4.74 Å². The molecule has 1 rings (SSSR count). The third-order valence-electron chi connectivity index (χ3n) is 1.36. The second-order valence-corrected chi connectivity index (χ2v) is 3.87. The lowest BCUT2D eigenvalue weighted by Crippen LogP contribution is -2.12. The van der Waals surface area contributed by atoms with E-state index in [0.29, 0.717) is 19.2 Å². The molecule has 1 aromatic rings. The third kappa shape index (κ3) is 4.53. The second-order valence-electron chi connectivity index (χ2n) is 2.95. The van der Waals surface area contributed by atoms with Crippen molar-refractivity contribution in [1.29, 1.82) is 0 Å². The average molecular weight is 261 g/mol. The van der Waals surface area contributed by atoms with Crippen molar-refractivity contribution in [2.45, 2.75) is 20.0 Å². The van der Waals surface area contributed by atoms with E-state index in [1.54, 1.807) is 12.4 Å². The van der Waals surface area contributed by atoms with Crippen LogP contribution >= 0.6 is 15.9 Å². The fourth-order valence-corrected chi connectivity index (χ4v) is 0.996. The molecule has 4 nitrogen and oxygen atoms in total. The van der Waals surface area contributed by atoms with Crippen LogP contribution in [-0.2, 0) is 4.74 Å². The molecule has 14 heavy (non-hydrogen) atoms. The first-order chi connectivity index (χ1) is 6.68. The smallest absolute Gasteiger partial charge is 0.316 e. The zero-order chi connectivity index (χ0) is 10.4. The van der Waals surface area contributed by atoms with Crippen LogP contribution in [0.1, 0.15) is 13.8 Å². The molecule has 0 aliphatic rings. The lowest BCUT2D eigenvalue weighted by molar-refractivity contribution is 0.0531. The molecule has 0 amide bonds. The largest absolute Gasteiger partial charge is 0.461 e. The monoisotopic (exact) mass is 260 g/mol. The van der Waals surface area contributed by atoms with E-state index in [1.807, 2.05) is 13.8 Å². The Kier molecular flexibility index (Phi) is 4.82. The molecule has 1 aromatic heterocycles. The summed E-state index contributed by atoms with van der Waals surface area (Å²) in [7, 11) is 0. The lowest BCUT2D eigenvalue weighted by Gasteiger charge is -2.07. The summed E-state index contributed by atoms with van der Waals surface area (Å²) in [5.74, 6) is 0. The summed E-state index contributed by atoms with van der Waals surface area (Å²) in [5, 5.41) is 0. The zero-order valence-electron chi connectivity index (χ0n) is 8.24. The first-order valence-corrected chi connectivity index (χ1v) is 5.19. The average Bonchev–Trinajstić information content (AvgIpc) is 2.15. The van der Waals surface area contributed by atoms with Crippen LogP contribution in [0.25, 0.3) is 0 Å². The van der Waals surface area contributed by atoms with Gasteiger partial charge in [-0.25, -0.2) is 9.97 Å². The third-order valence-corrected chi connectivity index (χ3v) is 1.77. The summed E-state index contributed by atoms with van der Waals surface area (Å²) in [5.41, 5.74) is 0. The maximum Gasteiger partial charge on any atom is 0.316 e. The van der Waals surface area contributed by atoms with Gasteiger partial charge in [-0.05, 0) is 29.8 Å². The van der Waals surface area contributed by atoms with Gasteiger partial charge in [-0.15, -0.1) is 0 Å². The summed E-state index contributed by atoms with van der Waals surface area (Å²) in [6.45, 7) is 4.99. The topological polar surface area (TPSA) is 44.2 Å². The fraction of sp³-hybridized carbons (Fsp3) is 0.556. The molecule has 0 saturated heterocycles. The van der Waals surface area contributed by atoms with Crippen LogP contribution in [0.15, 0.2) is 16.9 Å². The quantitative estimate of drug-likeness (QED) is 0.761. The Bertz CT molecular complexity index is 264. The predicted molar refractivity (Wildman–Crippen MR) is 56.3 cm³/mol. The van der Waals surface area contributed by atoms with E-state index in [4.69, 9.17) is 9.47 Å². The van der Waals surface area contributed by atoms with Crippen LogP contribution in [0.2, 0.25) is 0 Å². The number of hydrogen-bond donors (Lipinski definition) is 0. The van der Waals surface area contributed by atoms with Crippen molar-refractivity contribution < 1.29 is 9.47 Å². The highest BCUT2D eigenvalue weighted by Gasteiger charge is 1.97. The highest BCUT2D eigenvalue weighted by atomic mass is 79.9. The van der Waals surface area contributed by atoms with Crippen molar-refractivity contribution >= 4 is 15.9 Å². The van der Waals surface area contributed by atoms with Crippen LogP contribution in [0.5, 0.6) is 6.01 Å². The number of nitrogens with zero attached hydrogens (tertiary/aromatic N) is 2. The Hall–Kier alpha value is -0.680. The normalized spacial score (nSPS) is 10.6. The number of hydrogen-bond acceptors (Lipinski definition) is 4. The second kappa shape index (κ2) is 5.93. The van der Waals surface area contributed by atoms with E-state index < -0.39 is 0 Å². The van der Waals surface area contributed by atoms with Crippen molar-refractivity contribution in [3.63, 3.8) is 0 Å². The highest BCUT2D eigenvalue weighted by Crippen LogP contribution is 2.07. The molecular weight excluding hydrogens is 248 g/mol. The summed E-state index contributed by atoms with van der Waals surface area (Å²) in [6.07, 6.45) is 3.52. The minimum absolute atomic E-state index is 0.226. The maximum atomic E-state index is 5.30. The zero-order valence-corrected chi connectivity index (χ0v) is 9.82. The van der Waals surface area contributed by atoms with Crippen molar-refractivity contribution in [3.05, 3.63) is 16.9 Å². The first kappa shape index (κ1) is 11.4. The molecule has 0 atom stereocenters. The molecule has 0 radical (unpaired) electrons. The number of rotatable bonds is 5. The summed E-state index contributed by atoms with van der Waals surface area (Å²) in [6, 6.07) is 0.376. The van der Waals surface area contributed by atoms with Crippen molar-refractivity contribution in [2.75, 3.05) is 13.2 Å². The Morgan fingerprint density at radius 1 is 1.29 bits per heavy atom. The number of ether oxygens (including phenoxy) is 2. The standard InChI is InChI=1S/C9H13BrN2O2/c1-7(2)13-3-4-14-9-11-5-8(10)6-12-9/h5-7H,3-4H2,1-2H3. The van der Waals surface area contributed by atoms with E-state index in [0.717, 1.165) is 4.47 Å². The molecule has 5 heteroatoms. The van der Waals surface area contributed by atoms with Gasteiger partial charge in [-0.1, -0.05) is 0 Å². The van der Waals surface area contributed by atoms with Crippen LogP contribution in [0.4, 0.5) is 0 Å². The molecule has 0 aliphatic carbocycles. The van der Waals surface area contributed by atoms with Gasteiger partial charge in [0.05, 0.1) is 17.2 Å². The van der Waals surface area contributed by atoms with Gasteiger partial charge in [0.2, 0.25) is 0 Å². The molecule has 0 aliphatic heterocycles. The van der Waals surface area contributed by atoms with E-state index in [9.17, 15) is 0 Å². The summed E-state index contributed by atoms with van der Waals surface area (Å²) in [4.78, 5) is 7.92. The van der Waals surface area contributed by atoms with Gasteiger partial charge in [-0.2, -0.15) is 0 Å². The molecule has 0 fully saturated rings. The highest BCUT2D eigenvalue weighted by molar-refractivity contribution is 9.10. The fourth-order valence-electron chi connectivity index (χ4n) is 0.792. The summed E-state index contributed by atoms with van der Waals surface area (Å²) >= 11 is 3.24. The number of aromatic nitrogens is 2. The summed E-state index contributed by atoms with van der Waals surface area (Å²) < 4.78 is 11.4. The van der Waals surface area contributed by atoms with E-state index in [2.05, 4.69) is 25.9 Å². The number of halogens is 1. The van der Waals surface area contributed by atoms with Gasteiger partial charge in [0, 0.05) is 12.4 Å². The Morgan fingerprint density at radius 3 is 2.50 bits per heavy atom. The molecule has 0 bridgehead atoms. The van der Waals surface area contributed by atoms with Crippen LogP contribution in [0.3, 0.4) is 0 Å². The van der Waals surface area contributed by atoms with E-state index in [-0.39, 0.29) is 6.10 Å². The molecule has 0 aromatic carbocycles. The Balaban J connectivity index is 2.21. The van der Waals surface area contributed by atoms with Gasteiger partial charge in [0.25, 0.3) is 0 Å². The van der Waals surface area contributed by atoms with Gasteiger partial charge >= 0.3 is 6.01 Å². The molecular formula is C9H13BrN2O2. The lowest BCUT2D eigenvalue weighted by atomic mass is 10.5. The van der Waals surface area contributed by atoms with Crippen molar-refractivity contribution in [3.8, 4) is 6.01 Å². The van der Waals surface area contributed by atoms with Crippen molar-refractivity contribution in [2.24, 2.45) is 0 Å². The minimum atomic E-state index is 0.226. The first-order valence-electron chi connectivity index (χ1n) is 4.40. The van der Waals surface area contributed by atoms with Gasteiger partial charge in [0.15, 0.2) is 0 Å². The van der Waals surface area contributed by atoms with E-state index >= 15 is 0 Å². The molecule has 1 heterocycles. The van der Waals surface area contributed by atoms with E-state index in [1.165, 1.54) is 0 Å². The SMILES string of the molecule is CC(C)OCCOc1ncc(Br)cn1. The van der Waals surface area contributed by atoms with Gasteiger partial charge in [0.1, 0.15) is 6.61 Å². The van der Waals surface area contributed by atoms with Gasteiger partial charge in [-0.3, -0.25) is 0 Å². The molecule has 78 valence electrons. The van der Waals surface area contributed by atoms with Gasteiger partial charge < -0.3 is 9.47 Å². The van der Waals surface area contributed by atoms with Crippen molar-refractivity contribution in [1.82, 2.24) is 9.97 Å². The predicted octanol–water partition coefficient (Wildman–Crippen LogP) is 2.04. The maximum absolute atomic E-state index is 5.30. The molecule has 0 spiro atoms. The Labute approximate surface area is 91.8 Å². The Morgan fingerprint density at radius 2 is 1.93 bits per heavy atom. The minimum Gasteiger partial charge on any atom is -0.461 e. The molecule has 0 N–H and O–H groups in total. The molecule has 0 unspecified atom stereocenters.